The van der Waals surface area contributed by atoms with Gasteiger partial charge in [-0.05, 0) is 48.2 Å². The van der Waals surface area contributed by atoms with E-state index in [0.29, 0.717) is 0 Å². The van der Waals surface area contributed by atoms with Gasteiger partial charge >= 0.3 is 0 Å². The fourth-order valence-electron chi connectivity index (χ4n) is 2.53. The van der Waals surface area contributed by atoms with E-state index in [1.165, 1.54) is 12.1 Å². The van der Waals surface area contributed by atoms with Crippen LogP contribution in [0.1, 0.15) is 35.2 Å². The number of rotatable bonds is 7. The molecule has 3 rings (SSSR count). The van der Waals surface area contributed by atoms with Gasteiger partial charge in [0.1, 0.15) is 11.6 Å². The van der Waals surface area contributed by atoms with Crippen molar-refractivity contribution >= 4 is 17.2 Å². The van der Waals surface area contributed by atoms with Crippen LogP contribution in [0, 0.1) is 5.82 Å². The number of hydrogen-bond donors (Lipinski definition) is 2. The van der Waals surface area contributed by atoms with Crippen LogP contribution in [0.5, 0.6) is 0 Å². The zero-order valence-corrected chi connectivity index (χ0v) is 14.6. The van der Waals surface area contributed by atoms with E-state index in [0.717, 1.165) is 16.2 Å². The lowest BCUT2D eigenvalue weighted by molar-refractivity contribution is -0.120. The first kappa shape index (κ1) is 17.4. The number of amides is 1. The predicted octanol–water partition coefficient (Wildman–Crippen LogP) is 4.04. The standard InChI is InChI=1S/C19H19FN2O2S/c1-13(16-4-2-10-24-16)21-12-18(23)22-19(17-5-3-11-25-17)14-6-8-15(20)9-7-14/h2-11,13,19,21H,12H2,1H3,(H,22,23)/t13-,19-/m1/s1. The van der Waals surface area contributed by atoms with Crippen molar-refractivity contribution in [3.63, 3.8) is 0 Å². The number of carbonyl (C=O) groups excluding carboxylic acids is 1. The molecule has 0 saturated heterocycles. The highest BCUT2D eigenvalue weighted by molar-refractivity contribution is 7.10. The maximum absolute atomic E-state index is 13.2. The summed E-state index contributed by atoms with van der Waals surface area (Å²) in [5.41, 5.74) is 0.844. The highest BCUT2D eigenvalue weighted by Crippen LogP contribution is 2.26. The van der Waals surface area contributed by atoms with Gasteiger partial charge in [0.15, 0.2) is 0 Å². The van der Waals surface area contributed by atoms with Gasteiger partial charge in [-0.2, -0.15) is 0 Å². The van der Waals surface area contributed by atoms with E-state index in [1.54, 1.807) is 29.7 Å². The third kappa shape index (κ3) is 4.55. The molecule has 2 atom stereocenters. The third-order valence-electron chi connectivity index (χ3n) is 3.88. The number of halogens is 1. The summed E-state index contributed by atoms with van der Waals surface area (Å²) in [5, 5.41) is 8.10. The van der Waals surface area contributed by atoms with Crippen molar-refractivity contribution in [3.8, 4) is 0 Å². The van der Waals surface area contributed by atoms with E-state index in [1.807, 2.05) is 36.6 Å². The minimum absolute atomic E-state index is 0.0632. The molecule has 0 fully saturated rings. The molecule has 0 spiro atoms. The van der Waals surface area contributed by atoms with E-state index in [9.17, 15) is 9.18 Å². The number of hydrogen-bond acceptors (Lipinski definition) is 4. The van der Waals surface area contributed by atoms with Gasteiger partial charge in [-0.25, -0.2) is 4.39 Å². The molecule has 4 nitrogen and oxygen atoms in total. The van der Waals surface area contributed by atoms with E-state index in [4.69, 9.17) is 4.42 Å². The van der Waals surface area contributed by atoms with Gasteiger partial charge in [-0.15, -0.1) is 11.3 Å². The lowest BCUT2D eigenvalue weighted by Crippen LogP contribution is -2.37. The minimum atomic E-state index is -0.297. The molecule has 2 aromatic heterocycles. The van der Waals surface area contributed by atoms with Gasteiger partial charge in [0.2, 0.25) is 5.91 Å². The van der Waals surface area contributed by atoms with Crippen LogP contribution in [-0.4, -0.2) is 12.5 Å². The van der Waals surface area contributed by atoms with E-state index >= 15 is 0 Å². The fraction of sp³-hybridized carbons (Fsp3) is 0.211. The second kappa shape index (κ2) is 8.09. The molecule has 0 aliphatic carbocycles. The molecular weight excluding hydrogens is 339 g/mol. The first-order valence-corrected chi connectivity index (χ1v) is 8.86. The van der Waals surface area contributed by atoms with Crippen LogP contribution in [0.3, 0.4) is 0 Å². The molecule has 0 aliphatic rings. The largest absolute Gasteiger partial charge is 0.468 e. The normalized spacial score (nSPS) is 13.4. The molecule has 0 aliphatic heterocycles. The van der Waals surface area contributed by atoms with Gasteiger partial charge in [0.05, 0.1) is 24.9 Å². The average molecular weight is 358 g/mol. The average Bonchev–Trinajstić information content (AvgIpc) is 3.31. The molecule has 2 heterocycles. The molecule has 0 saturated carbocycles. The smallest absolute Gasteiger partial charge is 0.234 e. The van der Waals surface area contributed by atoms with E-state index in [2.05, 4.69) is 10.6 Å². The molecular formula is C19H19FN2O2S. The van der Waals surface area contributed by atoms with Crippen molar-refractivity contribution in [1.29, 1.82) is 0 Å². The summed E-state index contributed by atoms with van der Waals surface area (Å²) in [6, 6.07) is 13.4. The summed E-state index contributed by atoms with van der Waals surface area (Å²) in [7, 11) is 0. The Kier molecular flexibility index (Phi) is 5.63. The zero-order chi connectivity index (χ0) is 17.6. The molecule has 1 aromatic carbocycles. The van der Waals surface area contributed by atoms with Crippen molar-refractivity contribution in [2.75, 3.05) is 6.54 Å². The van der Waals surface area contributed by atoms with Crippen molar-refractivity contribution in [2.45, 2.75) is 19.0 Å². The fourth-order valence-corrected chi connectivity index (χ4v) is 3.33. The Bertz CT molecular complexity index is 785. The Hall–Kier alpha value is -2.44. The Labute approximate surface area is 149 Å². The molecule has 0 bridgehead atoms. The minimum Gasteiger partial charge on any atom is -0.468 e. The summed E-state index contributed by atoms with van der Waals surface area (Å²) in [6.07, 6.45) is 1.61. The second-order valence-electron chi connectivity index (χ2n) is 5.69. The van der Waals surface area contributed by atoms with E-state index < -0.39 is 0 Å². The van der Waals surface area contributed by atoms with E-state index in [-0.39, 0.29) is 30.4 Å². The Balaban J connectivity index is 1.66. The molecule has 1 amide bonds. The summed E-state index contributed by atoms with van der Waals surface area (Å²) >= 11 is 1.55. The van der Waals surface area contributed by atoms with Crippen molar-refractivity contribution in [3.05, 3.63) is 82.2 Å². The topological polar surface area (TPSA) is 54.3 Å². The SMILES string of the molecule is C[C@@H](NCC(=O)N[C@H](c1ccc(F)cc1)c1cccs1)c1ccco1. The van der Waals surface area contributed by atoms with Crippen molar-refractivity contribution < 1.29 is 13.6 Å². The quantitative estimate of drug-likeness (QED) is 0.670. The Morgan fingerprint density at radius 2 is 2.00 bits per heavy atom. The van der Waals surface area contributed by atoms with Crippen molar-refractivity contribution in [2.24, 2.45) is 0 Å². The Morgan fingerprint density at radius 1 is 1.20 bits per heavy atom. The highest BCUT2D eigenvalue weighted by Gasteiger charge is 2.18. The molecule has 25 heavy (non-hydrogen) atoms. The zero-order valence-electron chi connectivity index (χ0n) is 13.7. The Morgan fingerprint density at radius 3 is 2.64 bits per heavy atom. The van der Waals surface area contributed by atoms with Crippen LogP contribution in [0.25, 0.3) is 0 Å². The molecule has 130 valence electrons. The molecule has 0 unspecified atom stereocenters. The number of benzene rings is 1. The molecule has 6 heteroatoms. The molecule has 3 aromatic rings. The van der Waals surface area contributed by atoms with Crippen LogP contribution in [0.15, 0.2) is 64.6 Å². The van der Waals surface area contributed by atoms with Gasteiger partial charge in [-0.1, -0.05) is 18.2 Å². The summed E-state index contributed by atoms with van der Waals surface area (Å²) < 4.78 is 18.5. The number of thiophene rings is 1. The summed E-state index contributed by atoms with van der Waals surface area (Å²) in [5.74, 6) is 0.344. The second-order valence-corrected chi connectivity index (χ2v) is 6.66. The van der Waals surface area contributed by atoms with Gasteiger partial charge in [0, 0.05) is 4.88 Å². The summed E-state index contributed by atoms with van der Waals surface area (Å²) in [6.45, 7) is 2.09. The van der Waals surface area contributed by atoms with Gasteiger partial charge < -0.3 is 9.73 Å². The van der Waals surface area contributed by atoms with Crippen LogP contribution < -0.4 is 10.6 Å². The molecule has 2 N–H and O–H groups in total. The lowest BCUT2D eigenvalue weighted by atomic mass is 10.1. The number of furan rings is 1. The predicted molar refractivity (Wildman–Crippen MR) is 95.8 cm³/mol. The first-order valence-electron chi connectivity index (χ1n) is 7.98. The lowest BCUT2D eigenvalue weighted by Gasteiger charge is -2.19. The maximum Gasteiger partial charge on any atom is 0.234 e. The van der Waals surface area contributed by atoms with Gasteiger partial charge in [0.25, 0.3) is 0 Å². The van der Waals surface area contributed by atoms with Crippen molar-refractivity contribution in [1.82, 2.24) is 10.6 Å². The maximum atomic E-state index is 13.2. The van der Waals surface area contributed by atoms with Crippen LogP contribution >= 0.6 is 11.3 Å². The van der Waals surface area contributed by atoms with Crippen LogP contribution in [0.4, 0.5) is 4.39 Å². The van der Waals surface area contributed by atoms with Crippen LogP contribution in [0.2, 0.25) is 0 Å². The number of carbonyl (C=O) groups is 1. The van der Waals surface area contributed by atoms with Crippen LogP contribution in [-0.2, 0) is 4.79 Å². The van der Waals surface area contributed by atoms with Gasteiger partial charge in [-0.3, -0.25) is 10.1 Å². The summed E-state index contributed by atoms with van der Waals surface area (Å²) in [4.78, 5) is 13.4. The first-order chi connectivity index (χ1) is 12.1. The highest BCUT2D eigenvalue weighted by atomic mass is 32.1. The molecule has 0 radical (unpaired) electrons. The number of nitrogens with one attached hydrogen (secondary N) is 2. The third-order valence-corrected chi connectivity index (χ3v) is 4.81. The monoisotopic (exact) mass is 358 g/mol.